The number of ether oxygens (including phenoxy) is 1. The molecule has 0 amide bonds. The van der Waals surface area contributed by atoms with Gasteiger partial charge in [0.1, 0.15) is 11.6 Å². The first-order valence-electron chi connectivity index (χ1n) is 15.7. The van der Waals surface area contributed by atoms with E-state index in [1.165, 1.54) is 6.07 Å². The van der Waals surface area contributed by atoms with E-state index in [0.29, 0.717) is 26.0 Å². The summed E-state index contributed by atoms with van der Waals surface area (Å²) in [6.45, 7) is 5.05. The quantitative estimate of drug-likeness (QED) is 0.112. The maximum absolute atomic E-state index is 13.8. The lowest BCUT2D eigenvalue weighted by Gasteiger charge is -2.17. The highest BCUT2D eigenvalue weighted by atomic mass is 19.1. The van der Waals surface area contributed by atoms with Crippen LogP contribution in [0.1, 0.15) is 78.5 Å². The summed E-state index contributed by atoms with van der Waals surface area (Å²) in [7, 11) is 0. The van der Waals surface area contributed by atoms with Crippen LogP contribution in [0, 0.1) is 36.9 Å². The average molecular weight is 610 g/mol. The van der Waals surface area contributed by atoms with Crippen LogP contribution in [-0.4, -0.2) is 33.3 Å². The fourth-order valence-corrected chi connectivity index (χ4v) is 6.16. The third-order valence-corrected chi connectivity index (χ3v) is 8.95. The topological polar surface area (TPSA) is 88.8 Å². The summed E-state index contributed by atoms with van der Waals surface area (Å²) in [5.74, 6) is 5.67. The van der Waals surface area contributed by atoms with Gasteiger partial charge in [-0.15, -0.1) is 0 Å². The Labute approximate surface area is 263 Å². The number of carboxylic acids is 2. The van der Waals surface area contributed by atoms with Crippen molar-refractivity contribution in [3.63, 3.8) is 0 Å². The molecule has 1 aromatic heterocycles. The standard InChI is InChI=1S/C38H40FNO5/c1-26-29(9-6-13-34(26)39)8-3-4-23-45-31-19-16-28(17-20-31)15-18-30-10-5-12-33-32(11-7-14-35(41)42)27(2)40(37(30)33)25-38(21-22-38)24-36(43)44/h5-6,9-10,12-13,16-17,19-20H,3-4,7-8,11,14,21-25H2,1-2H3,(H,41,42)(H,43,44). The fraction of sp³-hybridized carbons (Fsp3) is 0.368. The second-order valence-corrected chi connectivity index (χ2v) is 12.3. The normalized spacial score (nSPS) is 13.3. The van der Waals surface area contributed by atoms with Gasteiger partial charge in [-0.05, 0) is 117 Å². The van der Waals surface area contributed by atoms with Crippen LogP contribution in [0.3, 0.4) is 0 Å². The molecular formula is C38H40FNO5. The molecule has 0 radical (unpaired) electrons. The second kappa shape index (κ2) is 14.0. The van der Waals surface area contributed by atoms with Crippen LogP contribution in [-0.2, 0) is 29.0 Å². The molecule has 1 saturated carbocycles. The van der Waals surface area contributed by atoms with Crippen molar-refractivity contribution >= 4 is 22.8 Å². The maximum Gasteiger partial charge on any atom is 0.303 e. The van der Waals surface area contributed by atoms with E-state index in [4.69, 9.17) is 4.74 Å². The van der Waals surface area contributed by atoms with Gasteiger partial charge in [-0.3, -0.25) is 9.59 Å². The van der Waals surface area contributed by atoms with Crippen LogP contribution in [0.2, 0.25) is 0 Å². The number of benzene rings is 3. The van der Waals surface area contributed by atoms with Crippen molar-refractivity contribution in [3.8, 4) is 17.6 Å². The number of unbranched alkanes of at least 4 members (excludes halogenated alkanes) is 1. The number of aliphatic carboxylic acids is 2. The Bertz CT molecular complexity index is 1750. The predicted molar refractivity (Wildman–Crippen MR) is 173 cm³/mol. The molecule has 5 rings (SSSR count). The van der Waals surface area contributed by atoms with E-state index in [9.17, 15) is 24.2 Å². The van der Waals surface area contributed by atoms with E-state index in [2.05, 4.69) is 22.5 Å². The number of rotatable bonds is 14. The first kappa shape index (κ1) is 31.8. The van der Waals surface area contributed by atoms with Crippen molar-refractivity contribution < 1.29 is 28.9 Å². The molecule has 1 heterocycles. The first-order chi connectivity index (χ1) is 21.7. The zero-order valence-electron chi connectivity index (χ0n) is 26.0. The number of nitrogens with zero attached hydrogens (tertiary/aromatic N) is 1. The summed E-state index contributed by atoms with van der Waals surface area (Å²) in [6, 6.07) is 19.0. The molecule has 1 aliphatic rings. The molecule has 0 unspecified atom stereocenters. The maximum atomic E-state index is 13.8. The average Bonchev–Trinajstić information content (AvgIpc) is 3.71. The lowest BCUT2D eigenvalue weighted by Crippen LogP contribution is -2.17. The van der Waals surface area contributed by atoms with Crippen LogP contribution >= 0.6 is 0 Å². The van der Waals surface area contributed by atoms with Gasteiger partial charge in [0, 0.05) is 35.2 Å². The number of carbonyl (C=O) groups is 2. The van der Waals surface area contributed by atoms with E-state index in [1.807, 2.05) is 56.3 Å². The van der Waals surface area contributed by atoms with Crippen molar-refractivity contribution in [2.24, 2.45) is 5.41 Å². The van der Waals surface area contributed by atoms with Crippen LogP contribution in [0.25, 0.3) is 10.9 Å². The van der Waals surface area contributed by atoms with Crippen LogP contribution in [0.5, 0.6) is 5.75 Å². The molecular weight excluding hydrogens is 569 g/mol. The summed E-state index contributed by atoms with van der Waals surface area (Å²) in [5.41, 5.74) is 6.35. The third-order valence-electron chi connectivity index (χ3n) is 8.95. The Morgan fingerprint density at radius 3 is 2.38 bits per heavy atom. The van der Waals surface area contributed by atoms with E-state index < -0.39 is 11.9 Å². The van der Waals surface area contributed by atoms with Gasteiger partial charge < -0.3 is 19.5 Å². The number of para-hydroxylation sites is 1. The minimum Gasteiger partial charge on any atom is -0.494 e. The number of carboxylic acid groups (broad SMARTS) is 2. The van der Waals surface area contributed by atoms with Gasteiger partial charge in [0.05, 0.1) is 18.5 Å². The summed E-state index contributed by atoms with van der Waals surface area (Å²) in [5, 5.41) is 19.8. The van der Waals surface area contributed by atoms with Gasteiger partial charge in [0.2, 0.25) is 0 Å². The Morgan fingerprint density at radius 1 is 0.911 bits per heavy atom. The van der Waals surface area contributed by atoms with Gasteiger partial charge in [-0.1, -0.05) is 36.1 Å². The van der Waals surface area contributed by atoms with E-state index in [0.717, 1.165) is 82.3 Å². The Kier molecular flexibility index (Phi) is 9.93. The summed E-state index contributed by atoms with van der Waals surface area (Å²) in [4.78, 5) is 22.8. The fourth-order valence-electron chi connectivity index (χ4n) is 6.16. The molecule has 0 spiro atoms. The van der Waals surface area contributed by atoms with Crippen LogP contribution < -0.4 is 4.74 Å². The highest BCUT2D eigenvalue weighted by Gasteiger charge is 2.45. The number of halogens is 1. The van der Waals surface area contributed by atoms with Gasteiger partial charge >= 0.3 is 11.9 Å². The minimum atomic E-state index is -0.811. The first-order valence-corrected chi connectivity index (χ1v) is 15.7. The van der Waals surface area contributed by atoms with E-state index in [1.54, 1.807) is 6.07 Å². The Balaban J connectivity index is 1.29. The largest absolute Gasteiger partial charge is 0.494 e. The molecule has 3 aromatic carbocycles. The van der Waals surface area contributed by atoms with E-state index in [-0.39, 0.29) is 24.1 Å². The summed E-state index contributed by atoms with van der Waals surface area (Å²) < 4.78 is 21.9. The molecule has 0 atom stereocenters. The Hall–Kier alpha value is -4.57. The van der Waals surface area contributed by atoms with Crippen LogP contribution in [0.15, 0.2) is 60.7 Å². The zero-order valence-corrected chi connectivity index (χ0v) is 26.0. The van der Waals surface area contributed by atoms with Gasteiger partial charge in [-0.25, -0.2) is 4.39 Å². The molecule has 234 valence electrons. The number of fused-ring (bicyclic) bond motifs is 1. The number of aromatic nitrogens is 1. The third kappa shape index (κ3) is 7.94. The van der Waals surface area contributed by atoms with Crippen molar-refractivity contribution in [2.45, 2.75) is 78.2 Å². The zero-order chi connectivity index (χ0) is 32.0. The molecule has 4 aromatic rings. The summed E-state index contributed by atoms with van der Waals surface area (Å²) in [6.07, 6.45) is 5.76. The van der Waals surface area contributed by atoms with Gasteiger partial charge in [0.25, 0.3) is 0 Å². The monoisotopic (exact) mass is 609 g/mol. The molecule has 1 fully saturated rings. The van der Waals surface area contributed by atoms with E-state index >= 15 is 0 Å². The molecule has 1 aliphatic carbocycles. The highest BCUT2D eigenvalue weighted by molar-refractivity contribution is 5.90. The number of hydrogen-bond acceptors (Lipinski definition) is 3. The lowest BCUT2D eigenvalue weighted by atomic mass is 10.0. The van der Waals surface area contributed by atoms with Crippen molar-refractivity contribution in [3.05, 3.63) is 100.0 Å². The Morgan fingerprint density at radius 2 is 1.67 bits per heavy atom. The van der Waals surface area contributed by atoms with Crippen molar-refractivity contribution in [2.75, 3.05) is 6.61 Å². The lowest BCUT2D eigenvalue weighted by molar-refractivity contribution is -0.139. The van der Waals surface area contributed by atoms with Crippen LogP contribution in [0.4, 0.5) is 4.39 Å². The molecule has 7 heteroatoms. The molecule has 0 aliphatic heterocycles. The predicted octanol–water partition coefficient (Wildman–Crippen LogP) is 7.86. The highest BCUT2D eigenvalue weighted by Crippen LogP contribution is 2.51. The molecule has 0 bridgehead atoms. The minimum absolute atomic E-state index is 0.100. The molecule has 6 nitrogen and oxygen atoms in total. The molecule has 0 saturated heterocycles. The second-order valence-electron chi connectivity index (χ2n) is 12.3. The smallest absolute Gasteiger partial charge is 0.303 e. The molecule has 2 N–H and O–H groups in total. The number of aryl methyl sites for hydroxylation is 2. The van der Waals surface area contributed by atoms with Crippen molar-refractivity contribution in [1.82, 2.24) is 4.57 Å². The van der Waals surface area contributed by atoms with Gasteiger partial charge in [-0.2, -0.15) is 0 Å². The van der Waals surface area contributed by atoms with Crippen molar-refractivity contribution in [1.29, 1.82) is 0 Å². The van der Waals surface area contributed by atoms with Gasteiger partial charge in [0.15, 0.2) is 0 Å². The number of hydrogen-bond donors (Lipinski definition) is 2. The molecule has 45 heavy (non-hydrogen) atoms. The summed E-state index contributed by atoms with van der Waals surface area (Å²) >= 11 is 0. The SMILES string of the molecule is Cc1c(F)cccc1CCCCOc1ccc(C#Cc2cccc3c(CCCC(=O)O)c(C)n(CC4(CC(=O)O)CC4)c23)cc1.